The van der Waals surface area contributed by atoms with Crippen LogP contribution in [-0.4, -0.2) is 80.0 Å². The molecule has 2 saturated heterocycles. The molecule has 3 aliphatic heterocycles. The number of fused-ring (bicyclic) bond motifs is 1. The molecule has 3 heterocycles. The third kappa shape index (κ3) is 5.22. The summed E-state index contributed by atoms with van der Waals surface area (Å²) in [6, 6.07) is 6.56. The minimum Gasteiger partial charge on any atom is -0.486 e. The van der Waals surface area contributed by atoms with E-state index < -0.39 is 0 Å². The molecule has 0 bridgehead atoms. The SMILES string of the molecule is Cl.O=C(CCSc1ccc2c(c1)OCCO2)N1CCC(N2CCNCC2)C1. The van der Waals surface area contributed by atoms with Gasteiger partial charge in [-0.15, -0.1) is 24.2 Å². The van der Waals surface area contributed by atoms with Gasteiger partial charge in [0.25, 0.3) is 0 Å². The van der Waals surface area contributed by atoms with Crippen molar-refractivity contribution in [1.82, 2.24) is 15.1 Å². The van der Waals surface area contributed by atoms with Gasteiger partial charge in [-0.25, -0.2) is 0 Å². The van der Waals surface area contributed by atoms with Crippen molar-refractivity contribution in [2.24, 2.45) is 0 Å². The molecular formula is C19H28ClN3O3S. The summed E-state index contributed by atoms with van der Waals surface area (Å²) in [4.78, 5) is 18.2. The maximum absolute atomic E-state index is 12.5. The highest BCUT2D eigenvalue weighted by Gasteiger charge is 2.30. The molecule has 3 aliphatic rings. The van der Waals surface area contributed by atoms with Gasteiger partial charge in [-0.05, 0) is 24.6 Å². The molecule has 0 aliphatic carbocycles. The summed E-state index contributed by atoms with van der Waals surface area (Å²) in [5.74, 6) is 2.71. The Morgan fingerprint density at radius 2 is 1.93 bits per heavy atom. The summed E-state index contributed by atoms with van der Waals surface area (Å²) in [6.07, 6.45) is 1.70. The molecule has 1 amide bonds. The van der Waals surface area contributed by atoms with E-state index in [2.05, 4.69) is 15.1 Å². The summed E-state index contributed by atoms with van der Waals surface area (Å²) >= 11 is 1.71. The number of thioether (sulfide) groups is 1. The molecule has 1 aromatic rings. The van der Waals surface area contributed by atoms with Crippen LogP contribution < -0.4 is 14.8 Å². The number of benzene rings is 1. The Morgan fingerprint density at radius 3 is 2.74 bits per heavy atom. The van der Waals surface area contributed by atoms with Gasteiger partial charge < -0.3 is 19.7 Å². The summed E-state index contributed by atoms with van der Waals surface area (Å²) in [6.45, 7) is 7.35. The number of amides is 1. The van der Waals surface area contributed by atoms with Crippen molar-refractivity contribution in [3.63, 3.8) is 0 Å². The maximum atomic E-state index is 12.5. The highest BCUT2D eigenvalue weighted by molar-refractivity contribution is 7.99. The Kier molecular flexibility index (Phi) is 7.52. The van der Waals surface area contributed by atoms with Crippen molar-refractivity contribution >= 4 is 30.1 Å². The third-order valence-corrected chi connectivity index (χ3v) is 6.28. The first-order valence-electron chi connectivity index (χ1n) is 9.54. The summed E-state index contributed by atoms with van der Waals surface area (Å²) in [7, 11) is 0. The lowest BCUT2D eigenvalue weighted by Gasteiger charge is -2.32. The molecule has 0 radical (unpaired) electrons. The fraction of sp³-hybridized carbons (Fsp3) is 0.632. The van der Waals surface area contributed by atoms with Gasteiger partial charge in [0.1, 0.15) is 13.2 Å². The Hall–Kier alpha value is -1.15. The van der Waals surface area contributed by atoms with Crippen LogP contribution in [0, 0.1) is 0 Å². The van der Waals surface area contributed by atoms with E-state index in [9.17, 15) is 4.79 Å². The van der Waals surface area contributed by atoms with E-state index in [1.165, 1.54) is 0 Å². The number of carbonyl (C=O) groups is 1. The van der Waals surface area contributed by atoms with Crippen LogP contribution in [0.2, 0.25) is 0 Å². The minimum atomic E-state index is 0. The molecule has 8 heteroatoms. The van der Waals surface area contributed by atoms with Crippen LogP contribution in [0.1, 0.15) is 12.8 Å². The summed E-state index contributed by atoms with van der Waals surface area (Å²) in [5.41, 5.74) is 0. The zero-order chi connectivity index (χ0) is 17.8. The molecule has 0 saturated carbocycles. The van der Waals surface area contributed by atoms with E-state index >= 15 is 0 Å². The highest BCUT2D eigenvalue weighted by Crippen LogP contribution is 2.34. The number of carbonyl (C=O) groups excluding carboxylic acids is 1. The van der Waals surface area contributed by atoms with Crippen molar-refractivity contribution in [1.29, 1.82) is 0 Å². The Labute approximate surface area is 171 Å². The fourth-order valence-electron chi connectivity index (χ4n) is 3.84. The number of hydrogen-bond donors (Lipinski definition) is 1. The molecule has 150 valence electrons. The van der Waals surface area contributed by atoms with Crippen molar-refractivity contribution in [3.8, 4) is 11.5 Å². The Bertz CT molecular complexity index is 643. The molecule has 1 atom stereocenters. The number of halogens is 1. The smallest absolute Gasteiger partial charge is 0.223 e. The molecule has 4 rings (SSSR count). The van der Waals surface area contributed by atoms with Crippen LogP contribution >= 0.6 is 24.2 Å². The second-order valence-electron chi connectivity index (χ2n) is 6.97. The largest absolute Gasteiger partial charge is 0.486 e. The van der Waals surface area contributed by atoms with Crippen molar-refractivity contribution < 1.29 is 14.3 Å². The number of ether oxygens (including phenoxy) is 2. The average molecular weight is 414 g/mol. The molecule has 1 aromatic carbocycles. The topological polar surface area (TPSA) is 54.0 Å². The molecule has 6 nitrogen and oxygen atoms in total. The first-order valence-corrected chi connectivity index (χ1v) is 10.5. The minimum absolute atomic E-state index is 0. The number of nitrogens with zero attached hydrogens (tertiary/aromatic N) is 2. The third-order valence-electron chi connectivity index (χ3n) is 5.28. The monoisotopic (exact) mass is 413 g/mol. The normalized spacial score (nSPS) is 22.4. The van der Waals surface area contributed by atoms with Gasteiger partial charge in [-0.2, -0.15) is 0 Å². The van der Waals surface area contributed by atoms with Crippen LogP contribution in [0.4, 0.5) is 0 Å². The molecule has 0 spiro atoms. The molecule has 1 unspecified atom stereocenters. The van der Waals surface area contributed by atoms with Crippen LogP contribution in [0.3, 0.4) is 0 Å². The Balaban J connectivity index is 0.00000210. The van der Waals surface area contributed by atoms with Gasteiger partial charge in [-0.1, -0.05) is 0 Å². The average Bonchev–Trinajstić information content (AvgIpc) is 3.19. The van der Waals surface area contributed by atoms with Gasteiger partial charge in [0.05, 0.1) is 0 Å². The zero-order valence-electron chi connectivity index (χ0n) is 15.5. The number of likely N-dealkylation sites (tertiary alicyclic amines) is 1. The van der Waals surface area contributed by atoms with Gasteiger partial charge in [0.2, 0.25) is 5.91 Å². The van der Waals surface area contributed by atoms with Gasteiger partial charge >= 0.3 is 0 Å². The molecule has 0 aromatic heterocycles. The van der Waals surface area contributed by atoms with Crippen LogP contribution in [0.15, 0.2) is 23.1 Å². The lowest BCUT2D eigenvalue weighted by atomic mass is 10.2. The fourth-order valence-corrected chi connectivity index (χ4v) is 4.71. The lowest BCUT2D eigenvalue weighted by Crippen LogP contribution is -2.49. The maximum Gasteiger partial charge on any atom is 0.223 e. The van der Waals surface area contributed by atoms with Crippen LogP contribution in [0.25, 0.3) is 0 Å². The second-order valence-corrected chi connectivity index (χ2v) is 8.14. The quantitative estimate of drug-likeness (QED) is 0.744. The van der Waals surface area contributed by atoms with Crippen LogP contribution in [-0.2, 0) is 4.79 Å². The van der Waals surface area contributed by atoms with E-state index in [-0.39, 0.29) is 18.3 Å². The zero-order valence-corrected chi connectivity index (χ0v) is 17.2. The van der Waals surface area contributed by atoms with Crippen molar-refractivity contribution in [2.75, 3.05) is 58.2 Å². The van der Waals surface area contributed by atoms with E-state index in [0.29, 0.717) is 25.7 Å². The highest BCUT2D eigenvalue weighted by atomic mass is 35.5. The molecule has 2 fully saturated rings. The Morgan fingerprint density at radius 1 is 1.15 bits per heavy atom. The standard InChI is InChI=1S/C19H27N3O3S.ClH/c23-19(22-7-3-15(14-22)21-8-5-20-6-9-21)4-12-26-16-1-2-17-18(13-16)25-11-10-24-17;/h1-2,13,15,20H,3-12,14H2;1H. The summed E-state index contributed by atoms with van der Waals surface area (Å²) in [5, 5.41) is 3.39. The molecule has 1 N–H and O–H groups in total. The number of nitrogens with one attached hydrogen (secondary N) is 1. The number of piperazine rings is 1. The first kappa shape index (κ1) is 20.6. The molecule has 27 heavy (non-hydrogen) atoms. The van der Waals surface area contributed by atoms with E-state index in [0.717, 1.165) is 67.8 Å². The van der Waals surface area contributed by atoms with E-state index in [1.54, 1.807) is 11.8 Å². The summed E-state index contributed by atoms with van der Waals surface area (Å²) < 4.78 is 11.2. The van der Waals surface area contributed by atoms with Gasteiger partial charge in [0.15, 0.2) is 11.5 Å². The second kappa shape index (κ2) is 9.87. The van der Waals surface area contributed by atoms with Gasteiger partial charge in [0, 0.05) is 62.4 Å². The van der Waals surface area contributed by atoms with Gasteiger partial charge in [-0.3, -0.25) is 9.69 Å². The number of rotatable bonds is 5. The first-order chi connectivity index (χ1) is 12.8. The number of hydrogen-bond acceptors (Lipinski definition) is 6. The van der Waals surface area contributed by atoms with E-state index in [1.807, 2.05) is 18.2 Å². The lowest BCUT2D eigenvalue weighted by molar-refractivity contribution is -0.129. The molecular weight excluding hydrogens is 386 g/mol. The van der Waals surface area contributed by atoms with Crippen molar-refractivity contribution in [3.05, 3.63) is 18.2 Å². The van der Waals surface area contributed by atoms with Crippen molar-refractivity contribution in [2.45, 2.75) is 23.8 Å². The van der Waals surface area contributed by atoms with E-state index in [4.69, 9.17) is 9.47 Å². The predicted molar refractivity (Wildman–Crippen MR) is 109 cm³/mol. The van der Waals surface area contributed by atoms with Crippen LogP contribution in [0.5, 0.6) is 11.5 Å². The predicted octanol–water partition coefficient (Wildman–Crippen LogP) is 1.87.